The Balaban J connectivity index is 1.40. The molecule has 1 amide bonds. The van der Waals surface area contributed by atoms with Crippen LogP contribution in [0.25, 0.3) is 0 Å². The van der Waals surface area contributed by atoms with Crippen molar-refractivity contribution in [2.45, 2.75) is 19.5 Å². The summed E-state index contributed by atoms with van der Waals surface area (Å²) in [5.41, 5.74) is 2.54. The number of nitrogens with zero attached hydrogens (tertiary/aromatic N) is 2. The standard InChI is InChI=1S/C19H25N3OS/c1-16(18-5-3-2-4-6-18)20-19(23)14-22-10-8-21(9-11-22)13-17-7-12-24-15-17/h2-7,12,15-16H,8-11,13-14H2,1H3,(H,20,23)/t16-/m1/s1. The van der Waals surface area contributed by atoms with Crippen molar-refractivity contribution in [1.29, 1.82) is 0 Å². The smallest absolute Gasteiger partial charge is 0.234 e. The van der Waals surface area contributed by atoms with E-state index in [2.05, 4.69) is 31.9 Å². The molecule has 0 aliphatic carbocycles. The lowest BCUT2D eigenvalue weighted by atomic mass is 10.1. The molecular formula is C19H25N3OS. The van der Waals surface area contributed by atoms with E-state index in [1.807, 2.05) is 37.3 Å². The van der Waals surface area contributed by atoms with E-state index in [0.29, 0.717) is 6.54 Å². The number of nitrogens with one attached hydrogen (secondary N) is 1. The lowest BCUT2D eigenvalue weighted by Crippen LogP contribution is -2.49. The van der Waals surface area contributed by atoms with Gasteiger partial charge in [-0.2, -0.15) is 11.3 Å². The molecule has 24 heavy (non-hydrogen) atoms. The summed E-state index contributed by atoms with van der Waals surface area (Å²) in [5.74, 6) is 0.109. The molecule has 0 saturated carbocycles. The first kappa shape index (κ1) is 17.1. The van der Waals surface area contributed by atoms with Crippen molar-refractivity contribution in [2.75, 3.05) is 32.7 Å². The number of carbonyl (C=O) groups excluding carboxylic acids is 1. The van der Waals surface area contributed by atoms with Gasteiger partial charge >= 0.3 is 0 Å². The van der Waals surface area contributed by atoms with Gasteiger partial charge < -0.3 is 5.32 Å². The Morgan fingerprint density at radius 2 is 1.83 bits per heavy atom. The highest BCUT2D eigenvalue weighted by Gasteiger charge is 2.20. The molecule has 1 aromatic carbocycles. The van der Waals surface area contributed by atoms with Crippen molar-refractivity contribution in [3.63, 3.8) is 0 Å². The third-order valence-electron chi connectivity index (χ3n) is 4.50. The van der Waals surface area contributed by atoms with Gasteiger partial charge in [0, 0.05) is 32.7 Å². The van der Waals surface area contributed by atoms with Crippen molar-refractivity contribution in [2.24, 2.45) is 0 Å². The number of carbonyl (C=O) groups is 1. The quantitative estimate of drug-likeness (QED) is 0.876. The van der Waals surface area contributed by atoms with Crippen LogP contribution < -0.4 is 5.32 Å². The molecule has 1 atom stereocenters. The summed E-state index contributed by atoms with van der Waals surface area (Å²) in [4.78, 5) is 17.0. The molecule has 1 aromatic heterocycles. The van der Waals surface area contributed by atoms with E-state index in [1.54, 1.807) is 11.3 Å². The number of hydrogen-bond acceptors (Lipinski definition) is 4. The van der Waals surface area contributed by atoms with Gasteiger partial charge in [0.2, 0.25) is 5.91 Å². The Morgan fingerprint density at radius 3 is 2.50 bits per heavy atom. The monoisotopic (exact) mass is 343 g/mol. The molecule has 0 spiro atoms. The molecule has 128 valence electrons. The minimum absolute atomic E-state index is 0.0542. The summed E-state index contributed by atoms with van der Waals surface area (Å²) in [5, 5.41) is 7.44. The van der Waals surface area contributed by atoms with E-state index in [1.165, 1.54) is 5.56 Å². The Hall–Kier alpha value is -1.69. The van der Waals surface area contributed by atoms with Crippen LogP contribution in [0.5, 0.6) is 0 Å². The molecule has 0 bridgehead atoms. The summed E-state index contributed by atoms with van der Waals surface area (Å²) in [6.45, 7) is 7.51. The minimum Gasteiger partial charge on any atom is -0.348 e. The average Bonchev–Trinajstić information content (AvgIpc) is 3.10. The zero-order chi connectivity index (χ0) is 16.8. The highest BCUT2D eigenvalue weighted by Crippen LogP contribution is 2.13. The van der Waals surface area contributed by atoms with Gasteiger partial charge in [0.25, 0.3) is 0 Å². The molecule has 1 fully saturated rings. The molecule has 1 aliphatic rings. The Bertz CT molecular complexity index is 621. The van der Waals surface area contributed by atoms with Crippen molar-refractivity contribution < 1.29 is 4.79 Å². The molecule has 5 heteroatoms. The third kappa shape index (κ3) is 4.90. The minimum atomic E-state index is 0.0542. The SMILES string of the molecule is C[C@@H](NC(=O)CN1CCN(Cc2ccsc2)CC1)c1ccccc1. The van der Waals surface area contributed by atoms with Gasteiger partial charge in [-0.1, -0.05) is 30.3 Å². The largest absolute Gasteiger partial charge is 0.348 e. The number of amides is 1. The van der Waals surface area contributed by atoms with Crippen molar-refractivity contribution in [3.05, 3.63) is 58.3 Å². The first-order valence-corrected chi connectivity index (χ1v) is 9.45. The summed E-state index contributed by atoms with van der Waals surface area (Å²) in [6.07, 6.45) is 0. The van der Waals surface area contributed by atoms with Crippen LogP contribution in [0.15, 0.2) is 47.2 Å². The first-order valence-electron chi connectivity index (χ1n) is 8.51. The molecule has 1 aliphatic heterocycles. The second-order valence-electron chi connectivity index (χ2n) is 6.38. The molecule has 2 heterocycles. The Labute approximate surface area is 148 Å². The molecule has 3 rings (SSSR count). The second-order valence-corrected chi connectivity index (χ2v) is 7.16. The van der Waals surface area contributed by atoms with Crippen molar-refractivity contribution in [3.8, 4) is 0 Å². The summed E-state index contributed by atoms with van der Waals surface area (Å²) >= 11 is 1.75. The lowest BCUT2D eigenvalue weighted by molar-refractivity contribution is -0.123. The van der Waals surface area contributed by atoms with Crippen LogP contribution in [0.3, 0.4) is 0 Å². The normalized spacial score (nSPS) is 17.5. The van der Waals surface area contributed by atoms with Gasteiger partial charge in [0.1, 0.15) is 0 Å². The molecule has 1 saturated heterocycles. The summed E-state index contributed by atoms with van der Waals surface area (Å²) in [6, 6.07) is 12.3. The second kappa shape index (κ2) is 8.42. The predicted octanol–water partition coefficient (Wildman–Crippen LogP) is 2.74. The van der Waals surface area contributed by atoms with Gasteiger partial charge in [0.05, 0.1) is 12.6 Å². The number of rotatable bonds is 6. The maximum Gasteiger partial charge on any atom is 0.234 e. The number of hydrogen-bond donors (Lipinski definition) is 1. The van der Waals surface area contributed by atoms with Gasteiger partial charge in [-0.05, 0) is 34.9 Å². The number of benzene rings is 1. The summed E-state index contributed by atoms with van der Waals surface area (Å²) < 4.78 is 0. The third-order valence-corrected chi connectivity index (χ3v) is 5.23. The fourth-order valence-corrected chi connectivity index (χ4v) is 3.72. The van der Waals surface area contributed by atoms with E-state index in [-0.39, 0.29) is 11.9 Å². The summed E-state index contributed by atoms with van der Waals surface area (Å²) in [7, 11) is 0. The van der Waals surface area contributed by atoms with Crippen LogP contribution in [0.2, 0.25) is 0 Å². The lowest BCUT2D eigenvalue weighted by Gasteiger charge is -2.34. The highest BCUT2D eigenvalue weighted by atomic mass is 32.1. The van der Waals surface area contributed by atoms with Gasteiger partial charge in [-0.25, -0.2) is 0 Å². The van der Waals surface area contributed by atoms with Crippen molar-refractivity contribution >= 4 is 17.2 Å². The Kier molecular flexibility index (Phi) is 6.01. The highest BCUT2D eigenvalue weighted by molar-refractivity contribution is 7.07. The van der Waals surface area contributed by atoms with Crippen molar-refractivity contribution in [1.82, 2.24) is 15.1 Å². The van der Waals surface area contributed by atoms with Crippen LogP contribution in [-0.4, -0.2) is 48.4 Å². The van der Waals surface area contributed by atoms with Crippen LogP contribution in [-0.2, 0) is 11.3 Å². The van der Waals surface area contributed by atoms with E-state index < -0.39 is 0 Å². The number of thiophene rings is 1. The fraction of sp³-hybridized carbons (Fsp3) is 0.421. The maximum absolute atomic E-state index is 12.3. The predicted molar refractivity (Wildman–Crippen MR) is 99.0 cm³/mol. The van der Waals surface area contributed by atoms with Crippen LogP contribution in [0.1, 0.15) is 24.1 Å². The topological polar surface area (TPSA) is 35.6 Å². The fourth-order valence-electron chi connectivity index (χ4n) is 3.06. The van der Waals surface area contributed by atoms with Gasteiger partial charge in [-0.3, -0.25) is 14.6 Å². The Morgan fingerprint density at radius 1 is 1.12 bits per heavy atom. The number of piperazine rings is 1. The maximum atomic E-state index is 12.3. The molecule has 0 unspecified atom stereocenters. The zero-order valence-electron chi connectivity index (χ0n) is 14.1. The average molecular weight is 343 g/mol. The zero-order valence-corrected chi connectivity index (χ0v) is 15.0. The first-order chi connectivity index (χ1) is 11.7. The molecule has 4 nitrogen and oxygen atoms in total. The van der Waals surface area contributed by atoms with E-state index in [4.69, 9.17) is 0 Å². The van der Waals surface area contributed by atoms with Gasteiger partial charge in [0.15, 0.2) is 0 Å². The van der Waals surface area contributed by atoms with Gasteiger partial charge in [-0.15, -0.1) is 0 Å². The van der Waals surface area contributed by atoms with E-state index >= 15 is 0 Å². The van der Waals surface area contributed by atoms with Crippen LogP contribution in [0.4, 0.5) is 0 Å². The molecular weight excluding hydrogens is 318 g/mol. The molecule has 0 radical (unpaired) electrons. The van der Waals surface area contributed by atoms with E-state index in [9.17, 15) is 4.79 Å². The molecule has 2 aromatic rings. The van der Waals surface area contributed by atoms with Crippen LogP contribution >= 0.6 is 11.3 Å². The van der Waals surface area contributed by atoms with E-state index in [0.717, 1.165) is 38.3 Å². The molecule has 1 N–H and O–H groups in total. The van der Waals surface area contributed by atoms with Crippen LogP contribution in [0, 0.1) is 0 Å².